The molecule has 4 aromatic rings. The van der Waals surface area contributed by atoms with E-state index in [4.69, 9.17) is 10.2 Å². The van der Waals surface area contributed by atoms with Gasteiger partial charge in [-0.15, -0.1) is 0 Å². The van der Waals surface area contributed by atoms with E-state index in [2.05, 4.69) is 9.97 Å². The maximum Gasteiger partial charge on any atom is 0.311 e. The predicted octanol–water partition coefficient (Wildman–Crippen LogP) is 4.56. The zero-order chi connectivity index (χ0) is 28.2. The SMILES string of the molecule is O=[N+]([O-])c1ccc([N+](=O)[O-])c(O)c1.O=[N+]([O-])c1ccc([N+](=O)[O-])c(O)c1.c1cc(-c2ccncc2)ccn1. The van der Waals surface area contributed by atoms with E-state index in [-0.39, 0.29) is 11.4 Å². The fraction of sp³-hybridized carbons (Fsp3) is 0. The van der Waals surface area contributed by atoms with E-state index in [9.17, 15) is 40.5 Å². The Labute approximate surface area is 211 Å². The number of hydrogen-bond acceptors (Lipinski definition) is 12. The average Bonchev–Trinajstić information content (AvgIpc) is 2.90. The molecule has 0 amide bonds. The van der Waals surface area contributed by atoms with Crippen LogP contribution in [0.4, 0.5) is 22.7 Å². The molecule has 2 aromatic heterocycles. The van der Waals surface area contributed by atoms with Gasteiger partial charge in [-0.3, -0.25) is 50.4 Å². The lowest BCUT2D eigenvalue weighted by Gasteiger charge is -1.97. The van der Waals surface area contributed by atoms with Crippen molar-refractivity contribution in [2.24, 2.45) is 0 Å². The molecule has 0 spiro atoms. The molecule has 4 rings (SSSR count). The molecule has 2 heterocycles. The molecule has 0 radical (unpaired) electrons. The molecule has 0 aliphatic rings. The summed E-state index contributed by atoms with van der Waals surface area (Å²) in [6.07, 6.45) is 7.15. The number of aromatic hydroxyl groups is 2. The molecule has 16 nitrogen and oxygen atoms in total. The smallest absolute Gasteiger partial charge is 0.311 e. The standard InChI is InChI=1S/C10H8N2.2C6H4N2O5/c1-5-11-6-2-9(1)10-3-7-12-8-4-10;2*9-6-3-4(7(10)11)1-2-5(6)8(12)13/h1-8H;2*1-3,9H. The zero-order valence-corrected chi connectivity index (χ0v) is 18.9. The number of rotatable bonds is 5. The minimum atomic E-state index is -0.820. The largest absolute Gasteiger partial charge is 0.502 e. The van der Waals surface area contributed by atoms with Crippen molar-refractivity contribution in [2.45, 2.75) is 0 Å². The normalized spacial score (nSPS) is 9.58. The van der Waals surface area contributed by atoms with Crippen LogP contribution in [-0.4, -0.2) is 39.9 Å². The summed E-state index contributed by atoms with van der Waals surface area (Å²) in [7, 11) is 0. The number of benzene rings is 2. The average molecular weight is 524 g/mol. The molecule has 38 heavy (non-hydrogen) atoms. The minimum absolute atomic E-state index is 0.386. The summed E-state index contributed by atoms with van der Waals surface area (Å²) in [6, 6.07) is 13.1. The molecular formula is C22H16N6O10. The molecule has 0 bridgehead atoms. The fourth-order valence-corrected chi connectivity index (χ4v) is 2.65. The number of hydrogen-bond donors (Lipinski definition) is 2. The number of aromatic nitrogens is 2. The highest BCUT2D eigenvalue weighted by Crippen LogP contribution is 2.30. The van der Waals surface area contributed by atoms with Gasteiger partial charge < -0.3 is 10.2 Å². The first-order valence-electron chi connectivity index (χ1n) is 10.0. The van der Waals surface area contributed by atoms with Crippen LogP contribution in [0.2, 0.25) is 0 Å². The van der Waals surface area contributed by atoms with Crippen molar-refractivity contribution < 1.29 is 29.9 Å². The van der Waals surface area contributed by atoms with E-state index in [0.29, 0.717) is 0 Å². The van der Waals surface area contributed by atoms with Gasteiger partial charge in [0.1, 0.15) is 0 Å². The fourth-order valence-electron chi connectivity index (χ4n) is 2.65. The molecule has 0 aliphatic carbocycles. The molecular weight excluding hydrogens is 508 g/mol. The molecule has 0 saturated carbocycles. The van der Waals surface area contributed by atoms with E-state index >= 15 is 0 Å². The van der Waals surface area contributed by atoms with Gasteiger partial charge in [0.05, 0.1) is 31.8 Å². The summed E-state index contributed by atoms with van der Waals surface area (Å²) < 4.78 is 0. The highest BCUT2D eigenvalue weighted by molar-refractivity contribution is 5.61. The third-order valence-electron chi connectivity index (χ3n) is 4.43. The van der Waals surface area contributed by atoms with Crippen molar-refractivity contribution in [3.63, 3.8) is 0 Å². The molecule has 2 aromatic carbocycles. The predicted molar refractivity (Wildman–Crippen MR) is 130 cm³/mol. The summed E-state index contributed by atoms with van der Waals surface area (Å²) >= 11 is 0. The van der Waals surface area contributed by atoms with Gasteiger partial charge in [0, 0.05) is 49.1 Å². The number of phenolic OH excluding ortho intramolecular Hbond substituents is 2. The number of nitrogens with zero attached hydrogens (tertiary/aromatic N) is 6. The Morgan fingerprint density at radius 2 is 0.816 bits per heavy atom. The summed E-state index contributed by atoms with van der Waals surface area (Å²) in [5.74, 6) is -1.42. The number of nitro groups is 4. The van der Waals surface area contributed by atoms with Crippen LogP contribution in [0.3, 0.4) is 0 Å². The number of non-ortho nitro benzene ring substituents is 2. The quantitative estimate of drug-likeness (QED) is 0.270. The molecule has 16 heteroatoms. The molecule has 0 atom stereocenters. The number of nitro benzene ring substituents is 4. The monoisotopic (exact) mass is 524 g/mol. The van der Waals surface area contributed by atoms with E-state index in [0.717, 1.165) is 36.4 Å². The van der Waals surface area contributed by atoms with Crippen molar-refractivity contribution in [1.29, 1.82) is 0 Å². The van der Waals surface area contributed by atoms with Crippen molar-refractivity contribution in [3.8, 4) is 22.6 Å². The van der Waals surface area contributed by atoms with Crippen molar-refractivity contribution in [2.75, 3.05) is 0 Å². The lowest BCUT2D eigenvalue weighted by Crippen LogP contribution is -1.91. The first-order chi connectivity index (χ1) is 18.0. The molecule has 194 valence electrons. The van der Waals surface area contributed by atoms with Gasteiger partial charge in [-0.25, -0.2) is 0 Å². The third kappa shape index (κ3) is 8.01. The van der Waals surface area contributed by atoms with Crippen LogP contribution >= 0.6 is 0 Å². The van der Waals surface area contributed by atoms with Crippen LogP contribution in [0.5, 0.6) is 11.5 Å². The highest BCUT2D eigenvalue weighted by Gasteiger charge is 2.18. The zero-order valence-electron chi connectivity index (χ0n) is 18.9. The molecule has 2 N–H and O–H groups in total. The second-order valence-electron chi connectivity index (χ2n) is 6.85. The van der Waals surface area contributed by atoms with Gasteiger partial charge in [0.25, 0.3) is 11.4 Å². The van der Waals surface area contributed by atoms with Crippen LogP contribution in [-0.2, 0) is 0 Å². The maximum absolute atomic E-state index is 10.2. The Hall–Kier alpha value is -6.06. The Balaban J connectivity index is 0.000000200. The summed E-state index contributed by atoms with van der Waals surface area (Å²) in [5.41, 5.74) is 0.474. The second kappa shape index (κ2) is 13.1. The van der Waals surface area contributed by atoms with Crippen LogP contribution in [0.25, 0.3) is 11.1 Å². The van der Waals surface area contributed by atoms with Crippen molar-refractivity contribution >= 4 is 22.7 Å². The van der Waals surface area contributed by atoms with E-state index in [1.54, 1.807) is 24.8 Å². The van der Waals surface area contributed by atoms with Gasteiger partial charge >= 0.3 is 11.4 Å². The molecule has 0 unspecified atom stereocenters. The maximum atomic E-state index is 10.2. The van der Waals surface area contributed by atoms with Gasteiger partial charge in [0.15, 0.2) is 0 Å². The van der Waals surface area contributed by atoms with Crippen LogP contribution in [0.15, 0.2) is 85.5 Å². The highest BCUT2D eigenvalue weighted by atomic mass is 16.6. The Morgan fingerprint density at radius 3 is 1.05 bits per heavy atom. The topological polar surface area (TPSA) is 239 Å². The Bertz CT molecular complexity index is 1340. The van der Waals surface area contributed by atoms with Gasteiger partial charge in [-0.2, -0.15) is 0 Å². The van der Waals surface area contributed by atoms with Gasteiger partial charge in [-0.05, 0) is 35.4 Å². The lowest BCUT2D eigenvalue weighted by atomic mass is 10.1. The minimum Gasteiger partial charge on any atom is -0.502 e. The number of phenols is 2. The van der Waals surface area contributed by atoms with E-state index in [1.807, 2.05) is 24.3 Å². The van der Waals surface area contributed by atoms with Crippen LogP contribution < -0.4 is 0 Å². The Morgan fingerprint density at radius 1 is 0.500 bits per heavy atom. The Kier molecular flexibility index (Phi) is 9.75. The molecule has 0 aliphatic heterocycles. The van der Waals surface area contributed by atoms with Crippen molar-refractivity contribution in [1.82, 2.24) is 9.97 Å². The second-order valence-corrected chi connectivity index (χ2v) is 6.85. The molecule has 0 saturated heterocycles. The van der Waals surface area contributed by atoms with Crippen LogP contribution in [0.1, 0.15) is 0 Å². The summed E-state index contributed by atoms with van der Waals surface area (Å²) in [5, 5.41) is 58.6. The van der Waals surface area contributed by atoms with E-state index < -0.39 is 42.6 Å². The first-order valence-corrected chi connectivity index (χ1v) is 10.0. The van der Waals surface area contributed by atoms with Gasteiger partial charge in [0.2, 0.25) is 11.5 Å². The third-order valence-corrected chi connectivity index (χ3v) is 4.43. The summed E-state index contributed by atoms with van der Waals surface area (Å²) in [6.45, 7) is 0. The first kappa shape index (κ1) is 28.2. The number of pyridine rings is 2. The molecule has 0 fully saturated rings. The van der Waals surface area contributed by atoms with E-state index in [1.165, 1.54) is 11.1 Å². The lowest BCUT2D eigenvalue weighted by molar-refractivity contribution is -0.389. The summed E-state index contributed by atoms with van der Waals surface area (Å²) in [4.78, 5) is 45.5. The van der Waals surface area contributed by atoms with Crippen LogP contribution in [0, 0.1) is 40.5 Å². The van der Waals surface area contributed by atoms with Gasteiger partial charge in [-0.1, -0.05) is 0 Å². The van der Waals surface area contributed by atoms with Crippen molar-refractivity contribution in [3.05, 3.63) is 126 Å².